The fourth-order valence-electron chi connectivity index (χ4n) is 2.61. The molecule has 1 fully saturated rings. The van der Waals surface area contributed by atoms with Gasteiger partial charge in [0.1, 0.15) is 0 Å². The van der Waals surface area contributed by atoms with Gasteiger partial charge >= 0.3 is 0 Å². The molecule has 0 aliphatic heterocycles. The van der Waals surface area contributed by atoms with Gasteiger partial charge in [0.2, 0.25) is 0 Å². The zero-order valence-corrected chi connectivity index (χ0v) is 12.4. The maximum absolute atomic E-state index is 6.27. The summed E-state index contributed by atoms with van der Waals surface area (Å²) in [5.74, 6) is 2.16. The molecule has 2 unspecified atom stereocenters. The van der Waals surface area contributed by atoms with Gasteiger partial charge in [-0.2, -0.15) is 0 Å². The number of methoxy groups -OCH3 is 2. The molecule has 1 aliphatic rings. The summed E-state index contributed by atoms with van der Waals surface area (Å²) >= 11 is 6.27. The van der Waals surface area contributed by atoms with Gasteiger partial charge in [-0.15, -0.1) is 11.6 Å². The molecule has 0 heterocycles. The van der Waals surface area contributed by atoms with Crippen molar-refractivity contribution in [1.29, 1.82) is 0 Å². The lowest BCUT2D eigenvalue weighted by atomic mass is 10.1. The smallest absolute Gasteiger partial charge is 0.161 e. The highest BCUT2D eigenvalue weighted by atomic mass is 35.5. The van der Waals surface area contributed by atoms with E-state index in [2.05, 4.69) is 11.4 Å². The molecule has 4 heteroatoms. The van der Waals surface area contributed by atoms with Crippen molar-refractivity contribution < 1.29 is 9.47 Å². The normalized spacial score (nSPS) is 22.5. The summed E-state index contributed by atoms with van der Waals surface area (Å²) < 4.78 is 10.5. The molecule has 0 spiro atoms. The summed E-state index contributed by atoms with van der Waals surface area (Å²) in [4.78, 5) is 0. The molecule has 0 bridgehead atoms. The summed E-state index contributed by atoms with van der Waals surface area (Å²) in [6, 6.07) is 6.01. The van der Waals surface area contributed by atoms with Crippen molar-refractivity contribution in [2.75, 3.05) is 20.8 Å². The molecular weight excluding hydrogens is 262 g/mol. The lowest BCUT2D eigenvalue weighted by Crippen LogP contribution is -2.25. The summed E-state index contributed by atoms with van der Waals surface area (Å²) in [6.07, 6.45) is 3.66. The zero-order chi connectivity index (χ0) is 13.7. The number of alkyl halides is 1. The van der Waals surface area contributed by atoms with E-state index in [9.17, 15) is 0 Å². The Morgan fingerprint density at radius 3 is 2.63 bits per heavy atom. The Bertz CT molecular complexity index is 411. The van der Waals surface area contributed by atoms with Crippen LogP contribution in [0, 0.1) is 5.92 Å². The van der Waals surface area contributed by atoms with Crippen LogP contribution >= 0.6 is 11.6 Å². The van der Waals surface area contributed by atoms with E-state index < -0.39 is 0 Å². The molecule has 1 aromatic rings. The van der Waals surface area contributed by atoms with Crippen LogP contribution in [-0.4, -0.2) is 26.1 Å². The number of halogens is 1. The predicted octanol–water partition coefficient (Wildman–Crippen LogP) is 3.20. The van der Waals surface area contributed by atoms with E-state index in [0.29, 0.717) is 11.3 Å². The van der Waals surface area contributed by atoms with Gasteiger partial charge < -0.3 is 14.8 Å². The fourth-order valence-corrected chi connectivity index (χ4v) is 2.98. The fraction of sp³-hybridized carbons (Fsp3) is 0.600. The Morgan fingerprint density at radius 2 is 2.00 bits per heavy atom. The van der Waals surface area contributed by atoms with E-state index in [1.54, 1.807) is 14.2 Å². The van der Waals surface area contributed by atoms with Crippen LogP contribution in [0.4, 0.5) is 0 Å². The lowest BCUT2D eigenvalue weighted by Gasteiger charge is -2.15. The first-order chi connectivity index (χ1) is 9.24. The monoisotopic (exact) mass is 283 g/mol. The van der Waals surface area contributed by atoms with Crippen LogP contribution in [0.15, 0.2) is 18.2 Å². The molecule has 1 saturated carbocycles. The van der Waals surface area contributed by atoms with Gasteiger partial charge in [0.15, 0.2) is 11.5 Å². The highest BCUT2D eigenvalue weighted by molar-refractivity contribution is 6.20. The van der Waals surface area contributed by atoms with Crippen molar-refractivity contribution >= 4 is 11.6 Å². The van der Waals surface area contributed by atoms with Gasteiger partial charge in [0, 0.05) is 11.9 Å². The van der Waals surface area contributed by atoms with Crippen LogP contribution in [0.1, 0.15) is 24.8 Å². The minimum Gasteiger partial charge on any atom is -0.493 e. The van der Waals surface area contributed by atoms with Gasteiger partial charge in [-0.3, -0.25) is 0 Å². The van der Waals surface area contributed by atoms with E-state index in [0.717, 1.165) is 31.0 Å². The van der Waals surface area contributed by atoms with Crippen LogP contribution in [0.25, 0.3) is 0 Å². The van der Waals surface area contributed by atoms with E-state index >= 15 is 0 Å². The first-order valence-electron chi connectivity index (χ1n) is 6.80. The molecule has 0 radical (unpaired) electrons. The number of benzene rings is 1. The number of hydrogen-bond donors (Lipinski definition) is 1. The molecule has 0 amide bonds. The molecule has 106 valence electrons. The average Bonchev–Trinajstić information content (AvgIpc) is 2.84. The summed E-state index contributed by atoms with van der Waals surface area (Å²) in [6.45, 7) is 1.82. The summed E-state index contributed by atoms with van der Waals surface area (Å²) in [5, 5.41) is 3.83. The Labute approximate surface area is 120 Å². The van der Waals surface area contributed by atoms with Crippen molar-refractivity contribution in [2.24, 2.45) is 5.92 Å². The van der Waals surface area contributed by atoms with Crippen LogP contribution in [0.3, 0.4) is 0 Å². The molecule has 0 saturated heterocycles. The lowest BCUT2D eigenvalue weighted by molar-refractivity contribution is 0.354. The Balaban J connectivity index is 1.85. The van der Waals surface area contributed by atoms with Gasteiger partial charge in [-0.25, -0.2) is 0 Å². The molecule has 2 atom stereocenters. The minimum atomic E-state index is 0.345. The molecular formula is C15H22ClNO2. The molecule has 2 rings (SSSR count). The van der Waals surface area contributed by atoms with Gasteiger partial charge in [-0.1, -0.05) is 12.5 Å². The predicted molar refractivity (Wildman–Crippen MR) is 78.2 cm³/mol. The Hall–Kier alpha value is -0.930. The average molecular weight is 284 g/mol. The van der Waals surface area contributed by atoms with Crippen molar-refractivity contribution in [2.45, 2.75) is 31.2 Å². The van der Waals surface area contributed by atoms with E-state index in [1.165, 1.54) is 18.4 Å². The van der Waals surface area contributed by atoms with Gasteiger partial charge in [0.25, 0.3) is 0 Å². The van der Waals surface area contributed by atoms with Gasteiger partial charge in [-0.05, 0) is 43.0 Å². The largest absolute Gasteiger partial charge is 0.493 e. The van der Waals surface area contributed by atoms with Crippen molar-refractivity contribution in [3.8, 4) is 11.5 Å². The quantitative estimate of drug-likeness (QED) is 0.813. The highest BCUT2D eigenvalue weighted by Gasteiger charge is 2.24. The Morgan fingerprint density at radius 1 is 1.21 bits per heavy atom. The third-order valence-corrected chi connectivity index (χ3v) is 4.32. The van der Waals surface area contributed by atoms with Gasteiger partial charge in [0.05, 0.1) is 14.2 Å². The van der Waals surface area contributed by atoms with Crippen molar-refractivity contribution in [3.05, 3.63) is 23.8 Å². The summed E-state index contributed by atoms with van der Waals surface area (Å²) in [7, 11) is 3.31. The van der Waals surface area contributed by atoms with Crippen molar-refractivity contribution in [1.82, 2.24) is 5.32 Å². The second-order valence-corrected chi connectivity index (χ2v) is 5.59. The topological polar surface area (TPSA) is 30.5 Å². The van der Waals surface area contributed by atoms with Crippen molar-refractivity contribution in [3.63, 3.8) is 0 Å². The molecule has 0 aromatic heterocycles. The van der Waals surface area contributed by atoms with Crippen LogP contribution in [0.5, 0.6) is 11.5 Å². The third kappa shape index (κ3) is 3.77. The number of rotatable bonds is 6. The minimum absolute atomic E-state index is 0.345. The van der Waals surface area contributed by atoms with E-state index in [4.69, 9.17) is 21.1 Å². The number of nitrogens with one attached hydrogen (secondary N) is 1. The summed E-state index contributed by atoms with van der Waals surface area (Å²) in [5.41, 5.74) is 1.20. The standard InChI is InChI=1S/C15H22ClNO2/c1-18-14-7-6-11(8-15(14)19-2)9-17-10-12-4-3-5-13(12)16/h6-8,12-13,17H,3-5,9-10H2,1-2H3. The van der Waals surface area contributed by atoms with Crippen LogP contribution in [-0.2, 0) is 6.54 Å². The molecule has 3 nitrogen and oxygen atoms in total. The third-order valence-electron chi connectivity index (χ3n) is 3.75. The van der Waals surface area contributed by atoms with E-state index in [-0.39, 0.29) is 0 Å². The second-order valence-electron chi connectivity index (χ2n) is 5.03. The van der Waals surface area contributed by atoms with E-state index in [1.807, 2.05) is 12.1 Å². The first-order valence-corrected chi connectivity index (χ1v) is 7.24. The molecule has 1 N–H and O–H groups in total. The highest BCUT2D eigenvalue weighted by Crippen LogP contribution is 2.30. The second kappa shape index (κ2) is 7.01. The van der Waals surface area contributed by atoms with Crippen LogP contribution < -0.4 is 14.8 Å². The van der Waals surface area contributed by atoms with Crippen LogP contribution in [0.2, 0.25) is 0 Å². The number of ether oxygens (including phenoxy) is 2. The zero-order valence-electron chi connectivity index (χ0n) is 11.6. The number of hydrogen-bond acceptors (Lipinski definition) is 3. The first kappa shape index (κ1) is 14.5. The molecule has 1 aliphatic carbocycles. The maximum Gasteiger partial charge on any atom is 0.161 e. The SMILES string of the molecule is COc1ccc(CNCC2CCCC2Cl)cc1OC. The Kier molecular flexibility index (Phi) is 5.34. The molecule has 1 aromatic carbocycles. The molecule has 19 heavy (non-hydrogen) atoms. The maximum atomic E-state index is 6.27.